The Hall–Kier alpha value is -2.13. The van der Waals surface area contributed by atoms with Crippen molar-refractivity contribution in [3.8, 4) is 0 Å². The molecule has 0 unspecified atom stereocenters. The van der Waals surface area contributed by atoms with Crippen molar-refractivity contribution in [2.24, 2.45) is 0 Å². The topological polar surface area (TPSA) is 30.2 Å². The van der Waals surface area contributed by atoms with E-state index in [-0.39, 0.29) is 0 Å². The van der Waals surface area contributed by atoms with Crippen molar-refractivity contribution in [3.63, 3.8) is 0 Å². The summed E-state index contributed by atoms with van der Waals surface area (Å²) in [5.74, 6) is 0.821. The SMILES string of the molecule is Cc1ccc2cc(/C=C/c3ccc(C=O)s3)oc2c1. The van der Waals surface area contributed by atoms with E-state index in [2.05, 4.69) is 12.1 Å². The van der Waals surface area contributed by atoms with Crippen LogP contribution >= 0.6 is 11.3 Å². The van der Waals surface area contributed by atoms with Crippen molar-refractivity contribution in [2.75, 3.05) is 0 Å². The molecule has 0 aliphatic heterocycles. The van der Waals surface area contributed by atoms with Crippen LogP contribution in [-0.4, -0.2) is 6.29 Å². The maximum Gasteiger partial charge on any atom is 0.160 e. The van der Waals surface area contributed by atoms with Crippen LogP contribution in [0.25, 0.3) is 23.1 Å². The fraction of sp³-hybridized carbons (Fsp3) is 0.0625. The third kappa shape index (κ3) is 2.51. The van der Waals surface area contributed by atoms with Gasteiger partial charge in [-0.15, -0.1) is 11.3 Å². The Morgan fingerprint density at radius 3 is 2.68 bits per heavy atom. The zero-order valence-electron chi connectivity index (χ0n) is 10.4. The van der Waals surface area contributed by atoms with Crippen LogP contribution in [0, 0.1) is 6.92 Å². The second-order valence-corrected chi connectivity index (χ2v) is 5.53. The summed E-state index contributed by atoms with van der Waals surface area (Å²) in [4.78, 5) is 12.4. The van der Waals surface area contributed by atoms with E-state index in [9.17, 15) is 4.79 Å². The maximum absolute atomic E-state index is 10.6. The van der Waals surface area contributed by atoms with E-state index in [0.717, 1.165) is 32.8 Å². The first-order valence-electron chi connectivity index (χ1n) is 5.98. The van der Waals surface area contributed by atoms with E-state index in [0.29, 0.717) is 0 Å². The lowest BCUT2D eigenvalue weighted by molar-refractivity contribution is 0.112. The molecule has 0 radical (unpaired) electrons. The van der Waals surface area contributed by atoms with Crippen molar-refractivity contribution in [1.29, 1.82) is 0 Å². The van der Waals surface area contributed by atoms with Crippen LogP contribution in [-0.2, 0) is 0 Å². The van der Waals surface area contributed by atoms with Gasteiger partial charge in [0.2, 0.25) is 0 Å². The second kappa shape index (κ2) is 4.86. The van der Waals surface area contributed by atoms with E-state index in [4.69, 9.17) is 4.42 Å². The lowest BCUT2D eigenvalue weighted by atomic mass is 10.2. The summed E-state index contributed by atoms with van der Waals surface area (Å²) in [5.41, 5.74) is 2.09. The van der Waals surface area contributed by atoms with Gasteiger partial charge < -0.3 is 4.42 Å². The number of hydrogen-bond acceptors (Lipinski definition) is 3. The van der Waals surface area contributed by atoms with Crippen molar-refractivity contribution in [2.45, 2.75) is 6.92 Å². The van der Waals surface area contributed by atoms with Gasteiger partial charge in [0.15, 0.2) is 6.29 Å². The summed E-state index contributed by atoms with van der Waals surface area (Å²) in [5, 5.41) is 1.10. The minimum Gasteiger partial charge on any atom is -0.457 e. The third-order valence-electron chi connectivity index (χ3n) is 2.87. The van der Waals surface area contributed by atoms with Crippen molar-refractivity contribution >= 4 is 40.7 Å². The largest absolute Gasteiger partial charge is 0.457 e. The highest BCUT2D eigenvalue weighted by Crippen LogP contribution is 2.23. The molecule has 0 aliphatic rings. The summed E-state index contributed by atoms with van der Waals surface area (Å²) >= 11 is 1.46. The molecule has 1 aromatic carbocycles. The summed E-state index contributed by atoms with van der Waals surface area (Å²) in [7, 11) is 0. The second-order valence-electron chi connectivity index (χ2n) is 4.38. The fourth-order valence-corrected chi connectivity index (χ4v) is 2.66. The number of fused-ring (bicyclic) bond motifs is 1. The van der Waals surface area contributed by atoms with Crippen LogP contribution in [0.2, 0.25) is 0 Å². The number of rotatable bonds is 3. The first-order chi connectivity index (χ1) is 9.24. The number of benzene rings is 1. The predicted octanol–water partition coefficient (Wildman–Crippen LogP) is 4.79. The van der Waals surface area contributed by atoms with E-state index in [1.54, 1.807) is 0 Å². The molecule has 0 saturated carbocycles. The highest BCUT2D eigenvalue weighted by Gasteiger charge is 2.01. The molecule has 2 nitrogen and oxygen atoms in total. The van der Waals surface area contributed by atoms with Gasteiger partial charge in [0.1, 0.15) is 11.3 Å². The predicted molar refractivity (Wildman–Crippen MR) is 79.6 cm³/mol. The molecule has 2 heterocycles. The van der Waals surface area contributed by atoms with Gasteiger partial charge in [0.05, 0.1) is 4.88 Å². The summed E-state index contributed by atoms with van der Waals surface area (Å²) in [6.45, 7) is 2.05. The van der Waals surface area contributed by atoms with Crippen LogP contribution in [0.4, 0.5) is 0 Å². The Kier molecular flexibility index (Phi) is 3.05. The monoisotopic (exact) mass is 268 g/mol. The van der Waals surface area contributed by atoms with Gasteiger partial charge in [-0.2, -0.15) is 0 Å². The van der Waals surface area contributed by atoms with Gasteiger partial charge in [0.25, 0.3) is 0 Å². The molecule has 3 rings (SSSR count). The maximum atomic E-state index is 10.6. The normalized spacial score (nSPS) is 11.4. The number of thiophene rings is 1. The minimum atomic E-state index is 0.736. The zero-order chi connectivity index (χ0) is 13.2. The lowest BCUT2D eigenvalue weighted by Crippen LogP contribution is -1.67. The quantitative estimate of drug-likeness (QED) is 0.639. The van der Waals surface area contributed by atoms with Crippen LogP contribution in [0.5, 0.6) is 0 Å². The minimum absolute atomic E-state index is 0.736. The molecule has 19 heavy (non-hydrogen) atoms. The summed E-state index contributed by atoms with van der Waals surface area (Å²) < 4.78 is 5.75. The fourth-order valence-electron chi connectivity index (χ4n) is 1.93. The Balaban J connectivity index is 1.90. The molecule has 0 bridgehead atoms. The van der Waals surface area contributed by atoms with Gasteiger partial charge in [-0.1, -0.05) is 12.1 Å². The van der Waals surface area contributed by atoms with Gasteiger partial charge in [-0.3, -0.25) is 4.79 Å². The first-order valence-corrected chi connectivity index (χ1v) is 6.79. The molecule has 0 saturated heterocycles. The Bertz CT molecular complexity index is 762. The van der Waals surface area contributed by atoms with Crippen LogP contribution in [0.15, 0.2) is 40.8 Å². The Morgan fingerprint density at radius 2 is 1.89 bits per heavy atom. The summed E-state index contributed by atoms with van der Waals surface area (Å²) in [6.07, 6.45) is 4.75. The molecular formula is C16H12O2S. The molecule has 3 heteroatoms. The van der Waals surface area contributed by atoms with Gasteiger partial charge in [-0.05, 0) is 48.9 Å². The van der Waals surface area contributed by atoms with E-state index in [1.165, 1.54) is 16.9 Å². The molecule has 94 valence electrons. The lowest BCUT2D eigenvalue weighted by Gasteiger charge is -1.89. The van der Waals surface area contributed by atoms with Gasteiger partial charge >= 0.3 is 0 Å². The zero-order valence-corrected chi connectivity index (χ0v) is 11.2. The number of carbonyl (C=O) groups excluding carboxylic acids is 1. The average Bonchev–Trinajstić information content (AvgIpc) is 3.01. The Morgan fingerprint density at radius 1 is 1.05 bits per heavy atom. The highest BCUT2D eigenvalue weighted by molar-refractivity contribution is 7.14. The molecule has 0 spiro atoms. The van der Waals surface area contributed by atoms with Crippen LogP contribution < -0.4 is 0 Å². The number of aldehydes is 1. The number of carbonyl (C=O) groups is 1. The molecule has 0 amide bonds. The first kappa shape index (κ1) is 11.9. The standard InChI is InChI=1S/C16H12O2S/c1-11-2-3-12-9-13(18-16(12)8-11)4-5-14-6-7-15(10-17)19-14/h2-10H,1H3/b5-4+. The number of furan rings is 1. The van der Waals surface area contributed by atoms with Crippen molar-refractivity contribution < 1.29 is 9.21 Å². The number of aryl methyl sites for hydroxylation is 1. The third-order valence-corrected chi connectivity index (χ3v) is 3.85. The molecule has 0 aliphatic carbocycles. The van der Waals surface area contributed by atoms with E-state index >= 15 is 0 Å². The summed E-state index contributed by atoms with van der Waals surface area (Å²) in [6, 6.07) is 11.9. The number of hydrogen-bond donors (Lipinski definition) is 0. The average molecular weight is 268 g/mol. The molecule has 3 aromatic rings. The van der Waals surface area contributed by atoms with Crippen molar-refractivity contribution in [3.05, 3.63) is 57.5 Å². The Labute approximate surface area is 115 Å². The molecule has 0 atom stereocenters. The van der Waals surface area contributed by atoms with Crippen LogP contribution in [0.1, 0.15) is 25.9 Å². The molecule has 0 N–H and O–H groups in total. The van der Waals surface area contributed by atoms with Gasteiger partial charge in [0, 0.05) is 10.3 Å². The van der Waals surface area contributed by atoms with E-state index < -0.39 is 0 Å². The molecule has 0 fully saturated rings. The van der Waals surface area contributed by atoms with Crippen molar-refractivity contribution in [1.82, 2.24) is 0 Å². The van der Waals surface area contributed by atoms with E-state index in [1.807, 2.05) is 43.3 Å². The smallest absolute Gasteiger partial charge is 0.160 e. The highest BCUT2D eigenvalue weighted by atomic mass is 32.1. The van der Waals surface area contributed by atoms with Crippen LogP contribution in [0.3, 0.4) is 0 Å². The molecule has 2 aromatic heterocycles. The van der Waals surface area contributed by atoms with Gasteiger partial charge in [-0.25, -0.2) is 0 Å². The molecular weight excluding hydrogens is 256 g/mol.